The van der Waals surface area contributed by atoms with Gasteiger partial charge in [-0.05, 0) is 27.2 Å². The molecule has 8 nitrogen and oxygen atoms in total. The Morgan fingerprint density at radius 1 is 0.667 bits per heavy atom. The summed E-state index contributed by atoms with van der Waals surface area (Å²) in [6, 6.07) is 0.558. The molecule has 0 aliphatic carbocycles. The second-order valence-electron chi connectivity index (χ2n) is 5.94. The molecule has 1 heterocycles. The second kappa shape index (κ2) is 16.8. The summed E-state index contributed by atoms with van der Waals surface area (Å²) in [4.78, 5) is 0. The summed E-state index contributed by atoms with van der Waals surface area (Å²) in [6.07, 6.45) is 0.663. The predicted octanol–water partition coefficient (Wildman–Crippen LogP) is 1.89. The highest BCUT2D eigenvalue weighted by molar-refractivity contribution is 6.60. The van der Waals surface area contributed by atoms with Crippen molar-refractivity contribution >= 4 is 8.80 Å². The fraction of sp³-hybridized carbons (Fsp3) is 1.00. The minimum absolute atomic E-state index is 0.171. The van der Waals surface area contributed by atoms with E-state index in [1.165, 1.54) is 0 Å². The van der Waals surface area contributed by atoms with E-state index in [0.717, 1.165) is 6.42 Å². The zero-order valence-electron chi connectivity index (χ0n) is 17.2. The lowest BCUT2D eigenvalue weighted by Gasteiger charge is -2.31. The molecule has 162 valence electrons. The van der Waals surface area contributed by atoms with E-state index in [1.807, 2.05) is 20.8 Å². The Hall–Kier alpha value is -0.103. The quantitative estimate of drug-likeness (QED) is 0.562. The number of rotatable bonds is 8. The Morgan fingerprint density at radius 2 is 1.15 bits per heavy atom. The molecular formula is C18H38O8Si. The van der Waals surface area contributed by atoms with Crippen molar-refractivity contribution in [3.8, 4) is 0 Å². The fourth-order valence-electron chi connectivity index (χ4n) is 2.70. The van der Waals surface area contributed by atoms with E-state index in [4.69, 9.17) is 37.0 Å². The molecule has 1 aliphatic heterocycles. The molecule has 1 saturated heterocycles. The van der Waals surface area contributed by atoms with Gasteiger partial charge in [0.2, 0.25) is 0 Å². The van der Waals surface area contributed by atoms with E-state index in [9.17, 15) is 0 Å². The average Bonchev–Trinajstić information content (AvgIpc) is 2.64. The van der Waals surface area contributed by atoms with E-state index in [2.05, 4.69) is 0 Å². The largest absolute Gasteiger partial charge is 0.503 e. The molecule has 0 saturated carbocycles. The van der Waals surface area contributed by atoms with Crippen LogP contribution in [0.5, 0.6) is 0 Å². The molecule has 9 heteroatoms. The molecule has 0 spiro atoms. The van der Waals surface area contributed by atoms with E-state index in [0.29, 0.717) is 85.3 Å². The smallest absolute Gasteiger partial charge is 0.379 e. The number of hydrogen-bond acceptors (Lipinski definition) is 8. The molecule has 1 rings (SSSR count). The minimum Gasteiger partial charge on any atom is -0.379 e. The molecule has 0 N–H and O–H groups in total. The van der Waals surface area contributed by atoms with Gasteiger partial charge < -0.3 is 37.0 Å². The third-order valence-electron chi connectivity index (χ3n) is 3.78. The van der Waals surface area contributed by atoms with E-state index < -0.39 is 8.80 Å². The first-order valence-electron chi connectivity index (χ1n) is 10.1. The Labute approximate surface area is 165 Å². The van der Waals surface area contributed by atoms with Crippen molar-refractivity contribution in [3.63, 3.8) is 0 Å². The second-order valence-corrected chi connectivity index (χ2v) is 8.58. The summed E-state index contributed by atoms with van der Waals surface area (Å²) < 4.78 is 46.1. The van der Waals surface area contributed by atoms with Crippen LogP contribution in [0.15, 0.2) is 0 Å². The van der Waals surface area contributed by atoms with Crippen LogP contribution in [0.3, 0.4) is 0 Å². The van der Waals surface area contributed by atoms with Gasteiger partial charge in [-0.1, -0.05) is 0 Å². The van der Waals surface area contributed by atoms with Crippen LogP contribution in [0.1, 0.15) is 27.2 Å². The molecular weight excluding hydrogens is 372 g/mol. The van der Waals surface area contributed by atoms with Crippen LogP contribution in [0, 0.1) is 0 Å². The van der Waals surface area contributed by atoms with Crippen molar-refractivity contribution in [1.29, 1.82) is 0 Å². The molecule has 0 aromatic rings. The van der Waals surface area contributed by atoms with Crippen molar-refractivity contribution in [2.24, 2.45) is 0 Å². The first-order chi connectivity index (χ1) is 13.3. The summed E-state index contributed by atoms with van der Waals surface area (Å²) in [6.45, 7) is 12.5. The van der Waals surface area contributed by atoms with Crippen molar-refractivity contribution in [3.05, 3.63) is 0 Å². The Kier molecular flexibility index (Phi) is 15.5. The van der Waals surface area contributed by atoms with Crippen LogP contribution >= 0.6 is 0 Å². The topological polar surface area (TPSA) is 73.8 Å². The lowest BCUT2D eigenvalue weighted by molar-refractivity contribution is -0.0539. The summed E-state index contributed by atoms with van der Waals surface area (Å²) in [5, 5.41) is 0. The van der Waals surface area contributed by atoms with E-state index >= 15 is 0 Å². The van der Waals surface area contributed by atoms with Crippen LogP contribution < -0.4 is 0 Å². The molecule has 0 bridgehead atoms. The summed E-state index contributed by atoms with van der Waals surface area (Å²) in [5.41, 5.74) is 0. The molecule has 0 aromatic carbocycles. The fourth-order valence-corrected chi connectivity index (χ4v) is 5.42. The first kappa shape index (κ1) is 24.9. The normalized spacial score (nSPS) is 22.6. The van der Waals surface area contributed by atoms with Crippen molar-refractivity contribution in [2.75, 3.05) is 79.3 Å². The molecule has 1 aliphatic rings. The SMILES string of the molecule is CCO[Si](CC1COCCCOCCOCCOCCO1)(OCC)OCC. The summed E-state index contributed by atoms with van der Waals surface area (Å²) in [7, 11) is -2.80. The Bertz CT molecular complexity index is 301. The Balaban J connectivity index is 2.60. The van der Waals surface area contributed by atoms with Gasteiger partial charge in [0, 0.05) is 39.1 Å². The maximum Gasteiger partial charge on any atom is 0.503 e. The van der Waals surface area contributed by atoms with E-state index in [-0.39, 0.29) is 6.10 Å². The first-order valence-corrected chi connectivity index (χ1v) is 12.0. The van der Waals surface area contributed by atoms with Gasteiger partial charge >= 0.3 is 8.80 Å². The molecule has 1 fully saturated rings. The third kappa shape index (κ3) is 12.1. The van der Waals surface area contributed by atoms with Crippen LogP contribution in [-0.4, -0.2) is 94.2 Å². The van der Waals surface area contributed by atoms with Crippen LogP contribution in [-0.2, 0) is 37.0 Å². The van der Waals surface area contributed by atoms with Gasteiger partial charge in [0.25, 0.3) is 0 Å². The maximum absolute atomic E-state index is 6.01. The summed E-state index contributed by atoms with van der Waals surface area (Å²) >= 11 is 0. The van der Waals surface area contributed by atoms with Gasteiger partial charge in [-0.2, -0.15) is 0 Å². The van der Waals surface area contributed by atoms with Crippen molar-refractivity contribution in [2.45, 2.75) is 39.3 Å². The van der Waals surface area contributed by atoms with Gasteiger partial charge in [-0.25, -0.2) is 0 Å². The third-order valence-corrected chi connectivity index (χ3v) is 6.92. The van der Waals surface area contributed by atoms with Crippen LogP contribution in [0.4, 0.5) is 0 Å². The van der Waals surface area contributed by atoms with Crippen LogP contribution in [0.25, 0.3) is 0 Å². The molecule has 0 radical (unpaired) electrons. The average molecular weight is 411 g/mol. The van der Waals surface area contributed by atoms with Crippen molar-refractivity contribution < 1.29 is 37.0 Å². The number of hydrogen-bond donors (Lipinski definition) is 0. The lowest BCUT2D eigenvalue weighted by Crippen LogP contribution is -2.49. The zero-order chi connectivity index (χ0) is 19.6. The summed E-state index contributed by atoms with van der Waals surface area (Å²) in [5.74, 6) is 0. The minimum atomic E-state index is -2.80. The molecule has 0 amide bonds. The molecule has 1 unspecified atom stereocenters. The zero-order valence-corrected chi connectivity index (χ0v) is 18.2. The van der Waals surface area contributed by atoms with Gasteiger partial charge in [-0.15, -0.1) is 0 Å². The van der Waals surface area contributed by atoms with Crippen molar-refractivity contribution in [1.82, 2.24) is 0 Å². The molecule has 27 heavy (non-hydrogen) atoms. The number of ether oxygens (including phenoxy) is 5. The highest BCUT2D eigenvalue weighted by Gasteiger charge is 2.43. The van der Waals surface area contributed by atoms with E-state index in [1.54, 1.807) is 0 Å². The molecule has 0 aromatic heterocycles. The lowest BCUT2D eigenvalue weighted by atomic mass is 10.4. The molecule has 1 atom stereocenters. The monoisotopic (exact) mass is 410 g/mol. The van der Waals surface area contributed by atoms with Gasteiger partial charge in [0.05, 0.1) is 52.4 Å². The predicted molar refractivity (Wildman–Crippen MR) is 103 cm³/mol. The van der Waals surface area contributed by atoms with Gasteiger partial charge in [0.1, 0.15) is 0 Å². The maximum atomic E-state index is 6.01. The highest BCUT2D eigenvalue weighted by Crippen LogP contribution is 2.20. The highest BCUT2D eigenvalue weighted by atomic mass is 28.4. The van der Waals surface area contributed by atoms with Gasteiger partial charge in [-0.3, -0.25) is 0 Å². The van der Waals surface area contributed by atoms with Crippen LogP contribution in [0.2, 0.25) is 6.04 Å². The standard InChI is InChI=1S/C18H38O8Si/c1-4-24-27(25-5-2,26-6-3)17-18-16-22-9-7-8-19-10-11-20-12-13-21-14-15-23-18/h18H,4-17H2,1-3H3. The van der Waals surface area contributed by atoms with Gasteiger partial charge in [0.15, 0.2) is 0 Å². The Morgan fingerprint density at radius 3 is 1.70 bits per heavy atom.